The summed E-state index contributed by atoms with van der Waals surface area (Å²) in [6.07, 6.45) is 0.876. The Hall–Kier alpha value is -5.39. The van der Waals surface area contributed by atoms with Gasteiger partial charge in [0.05, 0.1) is 23.3 Å². The number of fused-ring (bicyclic) bond motifs is 1. The van der Waals surface area contributed by atoms with Gasteiger partial charge in [-0.3, -0.25) is 14.9 Å². The maximum atomic E-state index is 13.2. The van der Waals surface area contributed by atoms with Crippen LogP contribution in [0.5, 0.6) is 11.5 Å². The molecule has 1 N–H and O–H groups in total. The third-order valence-electron chi connectivity index (χ3n) is 8.47. The topological polar surface area (TPSA) is 138 Å². The molecule has 47 heavy (non-hydrogen) atoms. The van der Waals surface area contributed by atoms with Crippen molar-refractivity contribution in [3.8, 4) is 11.5 Å². The van der Waals surface area contributed by atoms with Gasteiger partial charge in [-0.1, -0.05) is 12.1 Å². The zero-order chi connectivity index (χ0) is 33.3. The zero-order valence-electron chi connectivity index (χ0n) is 26.8. The van der Waals surface area contributed by atoms with E-state index in [-0.39, 0.29) is 34.9 Å². The Morgan fingerprint density at radius 1 is 1.02 bits per heavy atom. The summed E-state index contributed by atoms with van der Waals surface area (Å²) in [4.78, 5) is 37.8. The van der Waals surface area contributed by atoms with Crippen LogP contribution >= 0.6 is 0 Å². The van der Waals surface area contributed by atoms with Gasteiger partial charge in [-0.15, -0.1) is 0 Å². The van der Waals surface area contributed by atoms with Crippen LogP contribution in [0.1, 0.15) is 73.1 Å². The maximum Gasteiger partial charge on any atom is 0.514 e. The Kier molecular flexibility index (Phi) is 8.59. The van der Waals surface area contributed by atoms with Crippen LogP contribution < -0.4 is 14.8 Å². The van der Waals surface area contributed by atoms with E-state index in [2.05, 4.69) is 26.1 Å². The number of aromatic nitrogens is 2. The first kappa shape index (κ1) is 31.6. The number of hydrogen-bond acceptors (Lipinski definition) is 9. The van der Waals surface area contributed by atoms with Gasteiger partial charge in [0.25, 0.3) is 11.6 Å². The summed E-state index contributed by atoms with van der Waals surface area (Å²) < 4.78 is 18.0. The van der Waals surface area contributed by atoms with Crippen LogP contribution in [0, 0.1) is 10.1 Å². The molecule has 1 aliphatic heterocycles. The second-order valence-corrected chi connectivity index (χ2v) is 12.9. The number of hydrogen-bond donors (Lipinski definition) is 1. The summed E-state index contributed by atoms with van der Waals surface area (Å²) in [5.74, 6) is 1.88. The zero-order valence-corrected chi connectivity index (χ0v) is 26.8. The van der Waals surface area contributed by atoms with Crippen molar-refractivity contribution in [1.82, 2.24) is 14.7 Å². The van der Waals surface area contributed by atoms with Crippen molar-refractivity contribution in [3.63, 3.8) is 0 Å². The summed E-state index contributed by atoms with van der Waals surface area (Å²) in [6, 6.07) is 20.9. The van der Waals surface area contributed by atoms with E-state index < -0.39 is 11.1 Å². The Balaban J connectivity index is 1.10. The minimum atomic E-state index is -0.843. The lowest BCUT2D eigenvalue weighted by molar-refractivity contribution is -0.384. The summed E-state index contributed by atoms with van der Waals surface area (Å²) in [5, 5.41) is 19.4. The summed E-state index contributed by atoms with van der Waals surface area (Å²) >= 11 is 0. The molecule has 1 aliphatic carbocycles. The number of nitrogens with zero attached hydrogens (tertiary/aromatic N) is 4. The summed E-state index contributed by atoms with van der Waals surface area (Å²) in [7, 11) is 1.63. The molecule has 4 aromatic rings. The minimum Gasteiger partial charge on any atom is -0.497 e. The van der Waals surface area contributed by atoms with Gasteiger partial charge in [0.15, 0.2) is 0 Å². The van der Waals surface area contributed by atoms with E-state index in [0.717, 1.165) is 40.5 Å². The number of methoxy groups -OCH3 is 1. The number of carbonyl (C=O) groups excluding carboxylic acids is 2. The number of carbonyl (C=O) groups is 2. The highest BCUT2D eigenvalue weighted by Gasteiger charge is 2.33. The standard InChI is InChI=1S/C35H37N5O7/c1-35(2,3)39-32(36-25-8-16-30-24(17-25)21-38(33(30)41)20-22-5-11-27(45-4)12-6-22)19-31(37-39)23-7-13-29(18-23)47-34(42)46-28-14-9-26(10-15-28)40(43)44/h5-6,8-12,14-17,19,23,29,36H,7,13,18,20-21H2,1-4H3/t23-,29+/m0/s1. The fraction of sp³-hybridized carbons (Fsp3) is 0.343. The second kappa shape index (κ2) is 12.8. The first-order valence-electron chi connectivity index (χ1n) is 15.5. The molecule has 0 spiro atoms. The second-order valence-electron chi connectivity index (χ2n) is 12.9. The van der Waals surface area contributed by atoms with Gasteiger partial charge in [0.1, 0.15) is 23.4 Å². The van der Waals surface area contributed by atoms with E-state index in [4.69, 9.17) is 19.3 Å². The quantitative estimate of drug-likeness (QED) is 0.0865. The molecule has 0 bridgehead atoms. The van der Waals surface area contributed by atoms with Crippen molar-refractivity contribution in [1.29, 1.82) is 0 Å². The molecule has 0 radical (unpaired) electrons. The van der Waals surface area contributed by atoms with E-state index in [9.17, 15) is 19.7 Å². The normalized spacial score (nSPS) is 17.4. The van der Waals surface area contributed by atoms with Gasteiger partial charge in [-0.05, 0) is 93.6 Å². The molecule has 1 saturated carbocycles. The Labute approximate surface area is 272 Å². The Bertz CT molecular complexity index is 1790. The highest BCUT2D eigenvalue weighted by Crippen LogP contribution is 2.38. The number of nitro groups is 1. The van der Waals surface area contributed by atoms with E-state index in [1.165, 1.54) is 24.3 Å². The van der Waals surface area contributed by atoms with Gasteiger partial charge in [-0.25, -0.2) is 9.48 Å². The molecule has 1 amide bonds. The largest absolute Gasteiger partial charge is 0.514 e. The van der Waals surface area contributed by atoms with Crippen LogP contribution in [-0.4, -0.2) is 44.9 Å². The van der Waals surface area contributed by atoms with E-state index in [1.54, 1.807) is 7.11 Å². The molecule has 12 nitrogen and oxygen atoms in total. The molecule has 2 atom stereocenters. The van der Waals surface area contributed by atoms with Crippen molar-refractivity contribution < 1.29 is 28.7 Å². The van der Waals surface area contributed by atoms with Crippen molar-refractivity contribution in [2.45, 2.75) is 70.7 Å². The number of nitro benzene ring substituents is 1. The van der Waals surface area contributed by atoms with Crippen LogP contribution in [0.2, 0.25) is 0 Å². The molecular formula is C35H37N5O7. The number of benzene rings is 3. The first-order valence-corrected chi connectivity index (χ1v) is 15.5. The highest BCUT2D eigenvalue weighted by atomic mass is 16.7. The van der Waals surface area contributed by atoms with Gasteiger partial charge < -0.3 is 24.4 Å². The number of anilines is 2. The number of rotatable bonds is 9. The molecule has 244 valence electrons. The fourth-order valence-corrected chi connectivity index (χ4v) is 6.09. The fourth-order valence-electron chi connectivity index (χ4n) is 6.09. The number of amides is 1. The maximum absolute atomic E-state index is 13.2. The van der Waals surface area contributed by atoms with Gasteiger partial charge >= 0.3 is 6.16 Å². The monoisotopic (exact) mass is 639 g/mol. The van der Waals surface area contributed by atoms with Gasteiger partial charge in [-0.2, -0.15) is 5.10 Å². The predicted molar refractivity (Wildman–Crippen MR) is 174 cm³/mol. The summed E-state index contributed by atoms with van der Waals surface area (Å²) in [6.45, 7) is 7.29. The number of non-ortho nitro benzene ring substituents is 1. The molecule has 3 aromatic carbocycles. The average Bonchev–Trinajstić information content (AvgIpc) is 3.75. The molecule has 2 heterocycles. The lowest BCUT2D eigenvalue weighted by Crippen LogP contribution is -2.24. The Morgan fingerprint density at radius 2 is 1.74 bits per heavy atom. The molecule has 0 saturated heterocycles. The molecular weight excluding hydrogens is 602 g/mol. The van der Waals surface area contributed by atoms with Gasteiger partial charge in [0.2, 0.25) is 0 Å². The molecule has 12 heteroatoms. The van der Waals surface area contributed by atoms with Crippen LogP contribution in [0.15, 0.2) is 72.8 Å². The van der Waals surface area contributed by atoms with Crippen molar-refractivity contribution >= 4 is 29.3 Å². The molecule has 2 aliphatic rings. The molecule has 1 aromatic heterocycles. The first-order chi connectivity index (χ1) is 22.5. The van der Waals surface area contributed by atoms with Crippen LogP contribution in [-0.2, 0) is 23.4 Å². The Morgan fingerprint density at radius 3 is 2.43 bits per heavy atom. The smallest absolute Gasteiger partial charge is 0.497 e. The predicted octanol–water partition coefficient (Wildman–Crippen LogP) is 7.31. The lowest BCUT2D eigenvalue weighted by Gasteiger charge is -2.23. The molecule has 1 fully saturated rings. The SMILES string of the molecule is COc1ccc(CN2Cc3cc(Nc4cc([C@H]5CC[C@@H](OC(=O)Oc6ccc([N+](=O)[O-])cc6)C5)nn4C(C)(C)C)ccc3C2=O)cc1. The number of ether oxygens (including phenoxy) is 3. The lowest BCUT2D eigenvalue weighted by atomic mass is 10.0. The average molecular weight is 640 g/mol. The third kappa shape index (κ3) is 7.06. The van der Waals surface area contributed by atoms with Crippen molar-refractivity contribution in [2.75, 3.05) is 12.4 Å². The van der Waals surface area contributed by atoms with Crippen molar-refractivity contribution in [3.05, 3.63) is 105 Å². The van der Waals surface area contributed by atoms with Crippen LogP contribution in [0.25, 0.3) is 0 Å². The molecule has 0 unspecified atom stereocenters. The number of nitrogens with one attached hydrogen (secondary N) is 1. The van der Waals surface area contributed by atoms with Crippen LogP contribution in [0.4, 0.5) is 22.0 Å². The minimum absolute atomic E-state index is 0.0130. The van der Waals surface area contributed by atoms with E-state index in [1.807, 2.05) is 58.1 Å². The van der Waals surface area contributed by atoms with Crippen molar-refractivity contribution in [2.24, 2.45) is 0 Å². The van der Waals surface area contributed by atoms with Gasteiger partial charge in [0, 0.05) is 48.5 Å². The third-order valence-corrected chi connectivity index (χ3v) is 8.47. The molecule has 6 rings (SSSR count). The van der Waals surface area contributed by atoms with E-state index >= 15 is 0 Å². The van der Waals surface area contributed by atoms with Crippen LogP contribution in [0.3, 0.4) is 0 Å². The summed E-state index contributed by atoms with van der Waals surface area (Å²) in [5.41, 5.74) is 4.07. The highest BCUT2D eigenvalue weighted by molar-refractivity contribution is 5.98. The van der Waals surface area contributed by atoms with E-state index in [0.29, 0.717) is 31.5 Å².